The second-order valence-electron chi connectivity index (χ2n) is 4.29. The minimum Gasteiger partial charge on any atom is -0.338 e. The van der Waals surface area contributed by atoms with Crippen LogP contribution in [0.5, 0.6) is 0 Å². The molecule has 0 saturated carbocycles. The molecule has 0 aliphatic heterocycles. The first kappa shape index (κ1) is 13.1. The second-order valence-corrected chi connectivity index (χ2v) is 4.29. The third kappa shape index (κ3) is 3.34. The number of amides is 2. The summed E-state index contributed by atoms with van der Waals surface area (Å²) in [6, 6.07) is 11.6. The van der Waals surface area contributed by atoms with Crippen LogP contribution in [0.2, 0.25) is 0 Å². The SMILES string of the molecule is CCCNC(=O)Nc1cc(-c2ccccc2)n(C)n1. The molecule has 0 bridgehead atoms. The van der Waals surface area contributed by atoms with Crippen LogP contribution in [0.25, 0.3) is 11.3 Å². The van der Waals surface area contributed by atoms with Crippen LogP contribution in [0.1, 0.15) is 13.3 Å². The van der Waals surface area contributed by atoms with Gasteiger partial charge in [-0.05, 0) is 12.0 Å². The van der Waals surface area contributed by atoms with Crippen LogP contribution in [0.3, 0.4) is 0 Å². The maximum Gasteiger partial charge on any atom is 0.320 e. The van der Waals surface area contributed by atoms with Gasteiger partial charge in [0.1, 0.15) is 0 Å². The predicted octanol–water partition coefficient (Wildman–Crippen LogP) is 2.62. The van der Waals surface area contributed by atoms with Crippen molar-refractivity contribution in [3.05, 3.63) is 36.4 Å². The number of hydrogen-bond acceptors (Lipinski definition) is 2. The lowest BCUT2D eigenvalue weighted by Crippen LogP contribution is -2.29. The average molecular weight is 258 g/mol. The molecule has 2 N–H and O–H groups in total. The number of nitrogens with one attached hydrogen (secondary N) is 2. The quantitative estimate of drug-likeness (QED) is 0.885. The Hall–Kier alpha value is -2.30. The van der Waals surface area contributed by atoms with Gasteiger partial charge in [-0.3, -0.25) is 10.00 Å². The van der Waals surface area contributed by atoms with E-state index in [2.05, 4.69) is 15.7 Å². The van der Waals surface area contributed by atoms with Gasteiger partial charge < -0.3 is 5.32 Å². The summed E-state index contributed by atoms with van der Waals surface area (Å²) in [5.41, 5.74) is 2.03. The van der Waals surface area contributed by atoms with E-state index in [1.165, 1.54) is 0 Å². The van der Waals surface area contributed by atoms with Crippen LogP contribution in [0, 0.1) is 0 Å². The van der Waals surface area contributed by atoms with Crippen molar-refractivity contribution in [2.45, 2.75) is 13.3 Å². The Kier molecular flexibility index (Phi) is 4.18. The maximum absolute atomic E-state index is 11.6. The molecule has 2 aromatic rings. The van der Waals surface area contributed by atoms with Gasteiger partial charge >= 0.3 is 6.03 Å². The van der Waals surface area contributed by atoms with Gasteiger partial charge in [0.25, 0.3) is 0 Å². The molecule has 2 amide bonds. The highest BCUT2D eigenvalue weighted by Gasteiger charge is 2.09. The van der Waals surface area contributed by atoms with E-state index in [-0.39, 0.29) is 6.03 Å². The lowest BCUT2D eigenvalue weighted by molar-refractivity contribution is 0.252. The lowest BCUT2D eigenvalue weighted by atomic mass is 10.1. The zero-order valence-corrected chi connectivity index (χ0v) is 11.2. The van der Waals surface area contributed by atoms with Crippen LogP contribution in [-0.2, 0) is 7.05 Å². The van der Waals surface area contributed by atoms with Crippen molar-refractivity contribution >= 4 is 11.8 Å². The monoisotopic (exact) mass is 258 g/mol. The molecule has 1 aromatic heterocycles. The summed E-state index contributed by atoms with van der Waals surface area (Å²) in [6.45, 7) is 2.67. The highest BCUT2D eigenvalue weighted by atomic mass is 16.2. The predicted molar refractivity (Wildman–Crippen MR) is 76.0 cm³/mol. The third-order valence-corrected chi connectivity index (χ3v) is 2.73. The van der Waals surface area contributed by atoms with Crippen LogP contribution in [0.15, 0.2) is 36.4 Å². The number of aromatic nitrogens is 2. The average Bonchev–Trinajstić information content (AvgIpc) is 2.78. The van der Waals surface area contributed by atoms with E-state index < -0.39 is 0 Å². The van der Waals surface area contributed by atoms with Gasteiger partial charge in [-0.2, -0.15) is 5.10 Å². The van der Waals surface area contributed by atoms with Crippen molar-refractivity contribution in [1.82, 2.24) is 15.1 Å². The molecule has 100 valence electrons. The van der Waals surface area contributed by atoms with Crippen LogP contribution >= 0.6 is 0 Å². The molecule has 19 heavy (non-hydrogen) atoms. The van der Waals surface area contributed by atoms with E-state index in [0.29, 0.717) is 12.4 Å². The highest BCUT2D eigenvalue weighted by molar-refractivity contribution is 5.88. The first-order valence-corrected chi connectivity index (χ1v) is 6.35. The first-order chi connectivity index (χ1) is 9.20. The fraction of sp³-hybridized carbons (Fsp3) is 0.286. The number of carbonyl (C=O) groups excluding carboxylic acids is 1. The zero-order valence-electron chi connectivity index (χ0n) is 11.2. The second kappa shape index (κ2) is 6.04. The Morgan fingerprint density at radius 2 is 2.05 bits per heavy atom. The number of nitrogens with zero attached hydrogens (tertiary/aromatic N) is 2. The molecule has 0 aliphatic rings. The summed E-state index contributed by atoms with van der Waals surface area (Å²) in [6.07, 6.45) is 0.908. The summed E-state index contributed by atoms with van der Waals surface area (Å²) in [5.74, 6) is 0.551. The molecule has 0 atom stereocenters. The molecule has 0 aliphatic carbocycles. The molecular formula is C14H18N4O. The molecule has 0 fully saturated rings. The van der Waals surface area contributed by atoms with Gasteiger partial charge in [-0.15, -0.1) is 0 Å². The summed E-state index contributed by atoms with van der Waals surface area (Å²) < 4.78 is 1.75. The Labute approximate surface area is 112 Å². The number of rotatable bonds is 4. The highest BCUT2D eigenvalue weighted by Crippen LogP contribution is 2.21. The first-order valence-electron chi connectivity index (χ1n) is 6.35. The molecule has 2 rings (SSSR count). The normalized spacial score (nSPS) is 10.2. The molecule has 1 aromatic carbocycles. The van der Waals surface area contributed by atoms with Gasteiger partial charge in [0.05, 0.1) is 5.69 Å². The molecule has 0 radical (unpaired) electrons. The standard InChI is InChI=1S/C14H18N4O/c1-3-9-15-14(19)16-13-10-12(18(2)17-13)11-7-5-4-6-8-11/h4-8,10H,3,9H2,1-2H3,(H2,15,16,17,19). The number of anilines is 1. The number of hydrogen-bond donors (Lipinski definition) is 2. The van der Waals surface area contributed by atoms with E-state index in [4.69, 9.17) is 0 Å². The Bertz CT molecular complexity index is 548. The van der Waals surface area contributed by atoms with Crippen molar-refractivity contribution in [2.24, 2.45) is 7.05 Å². The maximum atomic E-state index is 11.6. The lowest BCUT2D eigenvalue weighted by Gasteiger charge is -2.02. The third-order valence-electron chi connectivity index (χ3n) is 2.73. The van der Waals surface area contributed by atoms with E-state index in [1.807, 2.05) is 50.4 Å². The van der Waals surface area contributed by atoms with E-state index in [1.54, 1.807) is 4.68 Å². The summed E-state index contributed by atoms with van der Waals surface area (Å²) >= 11 is 0. The fourth-order valence-electron chi connectivity index (χ4n) is 1.81. The van der Waals surface area contributed by atoms with Crippen LogP contribution < -0.4 is 10.6 Å². The molecular weight excluding hydrogens is 240 g/mol. The molecule has 0 unspecified atom stereocenters. The van der Waals surface area contributed by atoms with Crippen molar-refractivity contribution < 1.29 is 4.79 Å². The summed E-state index contributed by atoms with van der Waals surface area (Å²) in [7, 11) is 1.86. The van der Waals surface area contributed by atoms with Gasteiger partial charge in [0.15, 0.2) is 5.82 Å². The summed E-state index contributed by atoms with van der Waals surface area (Å²) in [5, 5.41) is 9.76. The molecule has 5 heteroatoms. The van der Waals surface area contributed by atoms with Gasteiger partial charge in [-0.25, -0.2) is 4.79 Å². The Morgan fingerprint density at radius 1 is 1.32 bits per heavy atom. The molecule has 5 nitrogen and oxygen atoms in total. The minimum atomic E-state index is -0.223. The van der Waals surface area contributed by atoms with E-state index in [0.717, 1.165) is 17.7 Å². The van der Waals surface area contributed by atoms with Gasteiger partial charge in [0.2, 0.25) is 0 Å². The fourth-order valence-corrected chi connectivity index (χ4v) is 1.81. The van der Waals surface area contributed by atoms with Crippen molar-refractivity contribution in [3.8, 4) is 11.3 Å². The number of benzene rings is 1. The van der Waals surface area contributed by atoms with E-state index in [9.17, 15) is 4.79 Å². The van der Waals surface area contributed by atoms with Crippen LogP contribution in [0.4, 0.5) is 10.6 Å². The van der Waals surface area contributed by atoms with E-state index >= 15 is 0 Å². The van der Waals surface area contributed by atoms with Crippen molar-refractivity contribution in [1.29, 1.82) is 0 Å². The van der Waals surface area contributed by atoms with Crippen molar-refractivity contribution in [2.75, 3.05) is 11.9 Å². The smallest absolute Gasteiger partial charge is 0.320 e. The zero-order chi connectivity index (χ0) is 13.7. The van der Waals surface area contributed by atoms with Gasteiger partial charge in [-0.1, -0.05) is 37.3 Å². The Morgan fingerprint density at radius 3 is 2.74 bits per heavy atom. The number of aryl methyl sites for hydroxylation is 1. The number of urea groups is 1. The van der Waals surface area contributed by atoms with Crippen molar-refractivity contribution in [3.63, 3.8) is 0 Å². The largest absolute Gasteiger partial charge is 0.338 e. The van der Waals surface area contributed by atoms with Gasteiger partial charge in [0, 0.05) is 19.7 Å². The molecule has 1 heterocycles. The summed E-state index contributed by atoms with van der Waals surface area (Å²) in [4.78, 5) is 11.6. The molecule has 0 saturated heterocycles. The topological polar surface area (TPSA) is 59.0 Å². The number of carbonyl (C=O) groups is 1. The van der Waals surface area contributed by atoms with Crippen LogP contribution in [-0.4, -0.2) is 22.4 Å². The minimum absolute atomic E-state index is 0.223. The Balaban J connectivity index is 2.11. The molecule has 0 spiro atoms.